The SMILES string of the molecule is O=C(NCCc1c[nH]c2ccccc12)c1scnc1C(F)(F)F. The highest BCUT2D eigenvalue weighted by atomic mass is 32.1. The number of H-pyrrole nitrogens is 1. The number of fused-ring (bicyclic) bond motifs is 1. The molecule has 8 heteroatoms. The van der Waals surface area contributed by atoms with Gasteiger partial charge in [-0.15, -0.1) is 11.3 Å². The van der Waals surface area contributed by atoms with Crippen molar-refractivity contribution in [3.05, 3.63) is 52.1 Å². The molecule has 1 aromatic carbocycles. The molecule has 1 amide bonds. The Labute approximate surface area is 133 Å². The number of thiazole rings is 1. The summed E-state index contributed by atoms with van der Waals surface area (Å²) in [6.07, 6.45) is -2.26. The summed E-state index contributed by atoms with van der Waals surface area (Å²) < 4.78 is 38.2. The molecule has 0 bridgehead atoms. The highest BCUT2D eigenvalue weighted by Crippen LogP contribution is 2.32. The Balaban J connectivity index is 1.65. The summed E-state index contributed by atoms with van der Waals surface area (Å²) in [6, 6.07) is 7.70. The molecule has 0 aliphatic rings. The molecule has 2 heterocycles. The second-order valence-electron chi connectivity index (χ2n) is 4.89. The number of rotatable bonds is 4. The van der Waals surface area contributed by atoms with Crippen molar-refractivity contribution in [3.63, 3.8) is 0 Å². The number of benzene rings is 1. The largest absolute Gasteiger partial charge is 0.434 e. The van der Waals surface area contributed by atoms with Gasteiger partial charge in [0.1, 0.15) is 4.88 Å². The van der Waals surface area contributed by atoms with Gasteiger partial charge in [-0.1, -0.05) is 18.2 Å². The van der Waals surface area contributed by atoms with Crippen LogP contribution >= 0.6 is 11.3 Å². The first kappa shape index (κ1) is 15.5. The van der Waals surface area contributed by atoms with E-state index in [9.17, 15) is 18.0 Å². The Kier molecular flexibility index (Phi) is 4.08. The van der Waals surface area contributed by atoms with Crippen molar-refractivity contribution in [2.75, 3.05) is 6.54 Å². The van der Waals surface area contributed by atoms with Gasteiger partial charge in [-0.2, -0.15) is 13.2 Å². The predicted molar refractivity (Wildman–Crippen MR) is 81.5 cm³/mol. The molecule has 23 heavy (non-hydrogen) atoms. The molecular formula is C15H12F3N3OS. The topological polar surface area (TPSA) is 57.8 Å². The third-order valence-electron chi connectivity index (χ3n) is 3.40. The van der Waals surface area contributed by atoms with Gasteiger partial charge in [0.05, 0.1) is 5.51 Å². The van der Waals surface area contributed by atoms with Crippen LogP contribution in [0.4, 0.5) is 13.2 Å². The summed E-state index contributed by atoms with van der Waals surface area (Å²) in [5.74, 6) is -0.750. The van der Waals surface area contributed by atoms with Crippen LogP contribution in [0.25, 0.3) is 10.9 Å². The number of nitrogens with one attached hydrogen (secondary N) is 2. The second kappa shape index (κ2) is 6.04. The summed E-state index contributed by atoms with van der Waals surface area (Å²) in [5.41, 5.74) is 1.88. The van der Waals surface area contributed by atoms with E-state index in [0.29, 0.717) is 17.8 Å². The maximum absolute atomic E-state index is 12.7. The summed E-state index contributed by atoms with van der Waals surface area (Å²) in [5, 5.41) is 3.56. The van der Waals surface area contributed by atoms with Crippen molar-refractivity contribution in [2.24, 2.45) is 0 Å². The van der Waals surface area contributed by atoms with Crippen LogP contribution in [-0.4, -0.2) is 22.4 Å². The second-order valence-corrected chi connectivity index (χ2v) is 5.75. The van der Waals surface area contributed by atoms with Crippen LogP contribution in [0.2, 0.25) is 0 Å². The number of aromatic nitrogens is 2. The molecule has 0 fully saturated rings. The first-order chi connectivity index (χ1) is 11.0. The Bertz CT molecular complexity index is 838. The van der Waals surface area contributed by atoms with Gasteiger partial charge >= 0.3 is 6.18 Å². The lowest BCUT2D eigenvalue weighted by molar-refractivity contribution is -0.141. The number of halogens is 3. The van der Waals surface area contributed by atoms with E-state index in [1.807, 2.05) is 30.5 Å². The molecule has 2 N–H and O–H groups in total. The third kappa shape index (κ3) is 3.21. The fraction of sp³-hybridized carbons (Fsp3) is 0.200. The molecule has 0 aliphatic carbocycles. The Hall–Kier alpha value is -2.35. The molecule has 120 valence electrons. The van der Waals surface area contributed by atoms with Gasteiger partial charge in [-0.3, -0.25) is 4.79 Å². The molecule has 0 atom stereocenters. The average Bonchev–Trinajstić information content (AvgIpc) is 3.13. The van der Waals surface area contributed by atoms with Crippen molar-refractivity contribution >= 4 is 28.1 Å². The van der Waals surface area contributed by atoms with E-state index in [-0.39, 0.29) is 6.54 Å². The summed E-state index contributed by atoms with van der Waals surface area (Å²) >= 11 is 0.686. The van der Waals surface area contributed by atoms with Crippen LogP contribution in [0.1, 0.15) is 20.9 Å². The van der Waals surface area contributed by atoms with E-state index in [0.717, 1.165) is 22.0 Å². The predicted octanol–water partition coefficient (Wildman–Crippen LogP) is 3.62. The van der Waals surface area contributed by atoms with Crippen LogP contribution in [0.3, 0.4) is 0 Å². The quantitative estimate of drug-likeness (QED) is 0.763. The number of nitrogens with zero attached hydrogens (tertiary/aromatic N) is 1. The van der Waals surface area contributed by atoms with Crippen LogP contribution in [-0.2, 0) is 12.6 Å². The minimum atomic E-state index is -4.62. The number of alkyl halides is 3. The number of hydrogen-bond acceptors (Lipinski definition) is 3. The maximum Gasteiger partial charge on any atom is 0.434 e. The molecule has 0 saturated heterocycles. The van der Waals surface area contributed by atoms with Gasteiger partial charge in [-0.25, -0.2) is 4.98 Å². The Morgan fingerprint density at radius 1 is 1.30 bits per heavy atom. The third-order valence-corrected chi connectivity index (χ3v) is 4.22. The molecule has 4 nitrogen and oxygen atoms in total. The standard InChI is InChI=1S/C15H12F3N3OS/c16-15(17,18)13-12(23-8-21-13)14(22)19-6-5-9-7-20-11-4-2-1-3-10(9)11/h1-4,7-8,20H,5-6H2,(H,19,22). The van der Waals surface area contributed by atoms with Gasteiger partial charge in [0.15, 0.2) is 5.69 Å². The van der Waals surface area contributed by atoms with E-state index < -0.39 is 22.7 Å². The highest BCUT2D eigenvalue weighted by Gasteiger charge is 2.38. The molecule has 2 aromatic heterocycles. The fourth-order valence-electron chi connectivity index (χ4n) is 2.34. The number of carbonyl (C=O) groups is 1. The molecular weight excluding hydrogens is 327 g/mol. The summed E-state index contributed by atoms with van der Waals surface area (Å²) in [6.45, 7) is 0.246. The molecule has 0 spiro atoms. The lowest BCUT2D eigenvalue weighted by atomic mass is 10.1. The molecule has 3 aromatic rings. The van der Waals surface area contributed by atoms with E-state index >= 15 is 0 Å². The molecule has 0 radical (unpaired) electrons. The van der Waals surface area contributed by atoms with Gasteiger partial charge in [0, 0.05) is 23.6 Å². The smallest absolute Gasteiger partial charge is 0.361 e. The Morgan fingerprint density at radius 3 is 2.87 bits per heavy atom. The van der Waals surface area contributed by atoms with Crippen LogP contribution in [0.5, 0.6) is 0 Å². The normalized spacial score (nSPS) is 11.8. The Morgan fingerprint density at radius 2 is 2.09 bits per heavy atom. The van der Waals surface area contributed by atoms with E-state index in [2.05, 4.69) is 15.3 Å². The first-order valence-corrected chi connectivity index (χ1v) is 7.68. The van der Waals surface area contributed by atoms with Gasteiger partial charge in [0.25, 0.3) is 5.91 Å². The van der Waals surface area contributed by atoms with Crippen molar-refractivity contribution in [3.8, 4) is 0 Å². The first-order valence-electron chi connectivity index (χ1n) is 6.80. The number of amides is 1. The van der Waals surface area contributed by atoms with Crippen LogP contribution in [0.15, 0.2) is 36.0 Å². The van der Waals surface area contributed by atoms with Crippen molar-refractivity contribution in [2.45, 2.75) is 12.6 Å². The molecule has 0 saturated carbocycles. The average molecular weight is 339 g/mol. The molecule has 0 unspecified atom stereocenters. The number of carbonyl (C=O) groups excluding carboxylic acids is 1. The van der Waals surface area contributed by atoms with E-state index in [4.69, 9.17) is 0 Å². The van der Waals surface area contributed by atoms with Gasteiger partial charge < -0.3 is 10.3 Å². The van der Waals surface area contributed by atoms with Crippen molar-refractivity contribution in [1.82, 2.24) is 15.3 Å². The fourth-order valence-corrected chi connectivity index (χ4v) is 3.06. The summed E-state index contributed by atoms with van der Waals surface area (Å²) in [4.78, 5) is 17.9. The monoisotopic (exact) mass is 339 g/mol. The maximum atomic E-state index is 12.7. The molecule has 0 aliphatic heterocycles. The van der Waals surface area contributed by atoms with E-state index in [1.54, 1.807) is 0 Å². The van der Waals surface area contributed by atoms with Crippen molar-refractivity contribution in [1.29, 1.82) is 0 Å². The zero-order valence-electron chi connectivity index (χ0n) is 11.8. The number of hydrogen-bond donors (Lipinski definition) is 2. The number of aromatic amines is 1. The van der Waals surface area contributed by atoms with Crippen molar-refractivity contribution < 1.29 is 18.0 Å². The zero-order chi connectivity index (χ0) is 16.4. The number of para-hydroxylation sites is 1. The lowest BCUT2D eigenvalue weighted by Gasteiger charge is -2.07. The highest BCUT2D eigenvalue weighted by molar-refractivity contribution is 7.11. The van der Waals surface area contributed by atoms with Crippen LogP contribution in [0, 0.1) is 0 Å². The lowest BCUT2D eigenvalue weighted by Crippen LogP contribution is -2.27. The van der Waals surface area contributed by atoms with Crippen LogP contribution < -0.4 is 5.32 Å². The minimum absolute atomic E-state index is 0.246. The molecule has 3 rings (SSSR count). The zero-order valence-corrected chi connectivity index (χ0v) is 12.6. The van der Waals surface area contributed by atoms with Gasteiger partial charge in [0.2, 0.25) is 0 Å². The van der Waals surface area contributed by atoms with Gasteiger partial charge in [-0.05, 0) is 18.1 Å². The minimum Gasteiger partial charge on any atom is -0.361 e. The summed E-state index contributed by atoms with van der Waals surface area (Å²) in [7, 11) is 0. The van der Waals surface area contributed by atoms with E-state index in [1.165, 1.54) is 0 Å².